The van der Waals surface area contributed by atoms with Crippen molar-refractivity contribution in [3.63, 3.8) is 0 Å². The van der Waals surface area contributed by atoms with E-state index in [1.807, 2.05) is 42.1 Å². The van der Waals surface area contributed by atoms with E-state index >= 15 is 0 Å². The van der Waals surface area contributed by atoms with E-state index in [4.69, 9.17) is 8.94 Å². The molecule has 0 atom stereocenters. The van der Waals surface area contributed by atoms with Gasteiger partial charge in [-0.15, -0.1) is 0 Å². The molecule has 0 bridgehead atoms. The Hall–Kier alpha value is -2.67. The lowest BCUT2D eigenvalue weighted by atomic mass is 10.1. The second-order valence-electron chi connectivity index (χ2n) is 4.95. The molecule has 1 aromatic carbocycles. The minimum Gasteiger partial charge on any atom is -0.444 e. The van der Waals surface area contributed by atoms with E-state index in [-0.39, 0.29) is 0 Å². The van der Waals surface area contributed by atoms with Gasteiger partial charge in [0.1, 0.15) is 0 Å². The lowest BCUT2D eigenvalue weighted by Crippen LogP contribution is -1.93. The highest BCUT2D eigenvalue weighted by atomic mass is 79.9. The van der Waals surface area contributed by atoms with Crippen molar-refractivity contribution in [3.05, 3.63) is 53.3 Å². The van der Waals surface area contributed by atoms with Crippen molar-refractivity contribution in [3.8, 4) is 34.3 Å². The van der Waals surface area contributed by atoms with Crippen molar-refractivity contribution in [1.29, 1.82) is 0 Å². The van der Waals surface area contributed by atoms with Crippen molar-refractivity contribution in [2.45, 2.75) is 0 Å². The monoisotopic (exact) mass is 370 g/mol. The van der Waals surface area contributed by atoms with Crippen LogP contribution >= 0.6 is 15.9 Å². The zero-order valence-corrected chi connectivity index (χ0v) is 13.7. The van der Waals surface area contributed by atoms with Gasteiger partial charge in [-0.1, -0.05) is 23.4 Å². The van der Waals surface area contributed by atoms with Gasteiger partial charge in [0, 0.05) is 24.4 Å². The number of hydrogen-bond donors (Lipinski definition) is 0. The Labute approximate surface area is 139 Å². The van der Waals surface area contributed by atoms with Crippen LogP contribution in [-0.2, 0) is 7.05 Å². The lowest BCUT2D eigenvalue weighted by Gasteiger charge is -2.03. The maximum atomic E-state index is 5.43. The average molecular weight is 371 g/mol. The van der Waals surface area contributed by atoms with Gasteiger partial charge in [0.25, 0.3) is 5.89 Å². The van der Waals surface area contributed by atoms with Gasteiger partial charge in [-0.2, -0.15) is 10.1 Å². The number of benzene rings is 1. The molecule has 0 aliphatic heterocycles. The van der Waals surface area contributed by atoms with Crippen LogP contribution < -0.4 is 0 Å². The van der Waals surface area contributed by atoms with E-state index in [2.05, 4.69) is 31.2 Å². The smallest absolute Gasteiger partial charge is 0.293 e. The fraction of sp³-hybridized carbons (Fsp3) is 0.0625. The molecule has 6 nitrogen and oxygen atoms in total. The molecule has 0 radical (unpaired) electrons. The van der Waals surface area contributed by atoms with Gasteiger partial charge < -0.3 is 8.94 Å². The molecule has 4 aromatic rings. The average Bonchev–Trinajstić information content (AvgIpc) is 3.27. The molecule has 0 saturated heterocycles. The number of aryl methyl sites for hydroxylation is 1. The second kappa shape index (κ2) is 5.51. The first-order chi connectivity index (χ1) is 11.2. The van der Waals surface area contributed by atoms with E-state index in [1.54, 1.807) is 18.3 Å². The highest BCUT2D eigenvalue weighted by Gasteiger charge is 2.14. The van der Waals surface area contributed by atoms with Crippen LogP contribution in [0.1, 0.15) is 0 Å². The van der Waals surface area contributed by atoms with E-state index in [0.717, 1.165) is 16.8 Å². The summed E-state index contributed by atoms with van der Waals surface area (Å²) in [4.78, 5) is 4.39. The summed E-state index contributed by atoms with van der Waals surface area (Å²) < 4.78 is 13.1. The molecular weight excluding hydrogens is 360 g/mol. The van der Waals surface area contributed by atoms with Gasteiger partial charge in [-0.25, -0.2) is 0 Å². The third-order valence-corrected chi connectivity index (χ3v) is 3.87. The predicted octanol–water partition coefficient (Wildman–Crippen LogP) is 4.16. The summed E-state index contributed by atoms with van der Waals surface area (Å²) in [5.74, 6) is 1.38. The van der Waals surface area contributed by atoms with Crippen molar-refractivity contribution in [1.82, 2.24) is 19.9 Å². The van der Waals surface area contributed by atoms with Gasteiger partial charge in [0.2, 0.25) is 5.82 Å². The molecule has 4 rings (SSSR count). The third kappa shape index (κ3) is 2.59. The lowest BCUT2D eigenvalue weighted by molar-refractivity contribution is 0.414. The van der Waals surface area contributed by atoms with Gasteiger partial charge in [0.15, 0.2) is 10.4 Å². The zero-order valence-electron chi connectivity index (χ0n) is 12.1. The van der Waals surface area contributed by atoms with Gasteiger partial charge in [0.05, 0.1) is 5.69 Å². The minimum atomic E-state index is 0.344. The van der Waals surface area contributed by atoms with Crippen molar-refractivity contribution >= 4 is 15.9 Å². The summed E-state index contributed by atoms with van der Waals surface area (Å²) in [5, 5.41) is 8.22. The van der Waals surface area contributed by atoms with Gasteiger partial charge in [-0.3, -0.25) is 4.68 Å². The van der Waals surface area contributed by atoms with E-state index in [0.29, 0.717) is 22.1 Å². The first-order valence-electron chi connectivity index (χ1n) is 6.89. The van der Waals surface area contributed by atoms with Crippen LogP contribution in [0.3, 0.4) is 0 Å². The highest BCUT2D eigenvalue weighted by Crippen LogP contribution is 2.28. The van der Waals surface area contributed by atoms with Gasteiger partial charge in [-0.05, 0) is 40.2 Å². The maximum absolute atomic E-state index is 5.43. The summed E-state index contributed by atoms with van der Waals surface area (Å²) in [7, 11) is 1.91. The molecule has 0 amide bonds. The fourth-order valence-corrected chi connectivity index (χ4v) is 2.65. The summed E-state index contributed by atoms with van der Waals surface area (Å²) >= 11 is 3.25. The topological polar surface area (TPSA) is 69.9 Å². The van der Waals surface area contributed by atoms with Crippen LogP contribution in [0.2, 0.25) is 0 Å². The molecule has 7 heteroatoms. The molecule has 0 spiro atoms. The van der Waals surface area contributed by atoms with Crippen LogP contribution in [0.15, 0.2) is 62.3 Å². The first-order valence-corrected chi connectivity index (χ1v) is 7.68. The SMILES string of the molecule is Cn1nccc1-c1cccc(-c2noc(-c3ccc(Br)o3)n2)c1. The Morgan fingerprint density at radius 2 is 1.96 bits per heavy atom. The fourth-order valence-electron chi connectivity index (χ4n) is 2.34. The number of halogens is 1. The Kier molecular flexibility index (Phi) is 3.34. The Morgan fingerprint density at radius 3 is 2.70 bits per heavy atom. The molecular formula is C16H11BrN4O2. The molecule has 3 heterocycles. The molecule has 114 valence electrons. The Bertz CT molecular complexity index is 970. The molecule has 0 N–H and O–H groups in total. The molecule has 0 fully saturated rings. The highest BCUT2D eigenvalue weighted by molar-refractivity contribution is 9.10. The van der Waals surface area contributed by atoms with E-state index in [1.165, 1.54) is 0 Å². The predicted molar refractivity (Wildman–Crippen MR) is 87.3 cm³/mol. The number of aromatic nitrogens is 4. The zero-order chi connectivity index (χ0) is 15.8. The van der Waals surface area contributed by atoms with Crippen LogP contribution in [-0.4, -0.2) is 19.9 Å². The summed E-state index contributed by atoms with van der Waals surface area (Å²) in [6.07, 6.45) is 1.77. The van der Waals surface area contributed by atoms with Crippen molar-refractivity contribution in [2.24, 2.45) is 7.05 Å². The van der Waals surface area contributed by atoms with Crippen LogP contribution in [0.25, 0.3) is 34.3 Å². The standard InChI is InChI=1S/C16H11BrN4O2/c1-21-12(7-8-18-21)10-3-2-4-11(9-10)15-19-16(23-20-15)13-5-6-14(17)22-13/h2-9H,1H3. The number of rotatable bonds is 3. The molecule has 0 aliphatic rings. The van der Waals surface area contributed by atoms with Gasteiger partial charge >= 0.3 is 0 Å². The first kappa shape index (κ1) is 14.0. The Balaban J connectivity index is 1.72. The quantitative estimate of drug-likeness (QED) is 0.541. The van der Waals surface area contributed by atoms with Crippen LogP contribution in [0.4, 0.5) is 0 Å². The Morgan fingerprint density at radius 1 is 1.09 bits per heavy atom. The van der Waals surface area contributed by atoms with Crippen LogP contribution in [0, 0.1) is 0 Å². The number of hydrogen-bond acceptors (Lipinski definition) is 5. The summed E-state index contributed by atoms with van der Waals surface area (Å²) in [5.41, 5.74) is 2.92. The van der Waals surface area contributed by atoms with E-state index in [9.17, 15) is 0 Å². The molecule has 3 aromatic heterocycles. The minimum absolute atomic E-state index is 0.344. The number of furan rings is 1. The molecule has 0 saturated carbocycles. The van der Waals surface area contributed by atoms with Crippen molar-refractivity contribution < 1.29 is 8.94 Å². The molecule has 0 aliphatic carbocycles. The summed E-state index contributed by atoms with van der Waals surface area (Å²) in [6, 6.07) is 13.4. The normalized spacial score (nSPS) is 11.0. The van der Waals surface area contributed by atoms with Crippen LogP contribution in [0.5, 0.6) is 0 Å². The number of nitrogens with zero attached hydrogens (tertiary/aromatic N) is 4. The molecule has 23 heavy (non-hydrogen) atoms. The molecule has 0 unspecified atom stereocenters. The second-order valence-corrected chi connectivity index (χ2v) is 5.73. The maximum Gasteiger partial charge on any atom is 0.293 e. The van der Waals surface area contributed by atoms with Crippen molar-refractivity contribution in [2.75, 3.05) is 0 Å². The third-order valence-electron chi connectivity index (χ3n) is 3.45. The summed E-state index contributed by atoms with van der Waals surface area (Å²) in [6.45, 7) is 0. The van der Waals surface area contributed by atoms with E-state index < -0.39 is 0 Å². The largest absolute Gasteiger partial charge is 0.444 e.